The maximum absolute atomic E-state index is 13.2. The SMILES string of the molecule is O=C(O)/C=C/c1cc(F)ccc1COCCC1CCC1. The molecule has 1 aromatic rings. The molecule has 0 unspecified atom stereocenters. The minimum Gasteiger partial charge on any atom is -0.478 e. The first kappa shape index (κ1) is 14.7. The van der Waals surface area contributed by atoms with E-state index >= 15 is 0 Å². The van der Waals surface area contributed by atoms with Crippen LogP contribution in [-0.4, -0.2) is 17.7 Å². The fourth-order valence-electron chi connectivity index (χ4n) is 2.23. The Morgan fingerprint density at radius 1 is 1.45 bits per heavy atom. The Kier molecular flexibility index (Phi) is 5.30. The monoisotopic (exact) mass is 278 g/mol. The predicted octanol–water partition coefficient (Wildman–Crippen LogP) is 3.63. The van der Waals surface area contributed by atoms with Gasteiger partial charge in [0, 0.05) is 12.7 Å². The number of halogens is 1. The molecule has 0 radical (unpaired) electrons. The van der Waals surface area contributed by atoms with Crippen LogP contribution >= 0.6 is 0 Å². The van der Waals surface area contributed by atoms with Crippen molar-refractivity contribution in [1.29, 1.82) is 0 Å². The van der Waals surface area contributed by atoms with Crippen LogP contribution in [0.25, 0.3) is 6.08 Å². The van der Waals surface area contributed by atoms with Gasteiger partial charge in [-0.3, -0.25) is 0 Å². The molecule has 2 rings (SSSR count). The number of hydrogen-bond acceptors (Lipinski definition) is 2. The van der Waals surface area contributed by atoms with Crippen molar-refractivity contribution in [2.75, 3.05) is 6.61 Å². The zero-order valence-electron chi connectivity index (χ0n) is 11.3. The van der Waals surface area contributed by atoms with E-state index < -0.39 is 5.97 Å². The highest BCUT2D eigenvalue weighted by molar-refractivity contribution is 5.85. The van der Waals surface area contributed by atoms with Gasteiger partial charge in [-0.15, -0.1) is 0 Å². The number of aliphatic carboxylic acids is 1. The first-order valence-corrected chi connectivity index (χ1v) is 6.92. The second kappa shape index (κ2) is 7.20. The van der Waals surface area contributed by atoms with Gasteiger partial charge in [-0.05, 0) is 41.7 Å². The van der Waals surface area contributed by atoms with E-state index in [0.29, 0.717) is 18.8 Å². The molecule has 1 saturated carbocycles. The van der Waals surface area contributed by atoms with Crippen LogP contribution in [0, 0.1) is 11.7 Å². The number of benzene rings is 1. The number of ether oxygens (including phenoxy) is 1. The van der Waals surface area contributed by atoms with Gasteiger partial charge >= 0.3 is 5.97 Å². The molecule has 1 aromatic carbocycles. The van der Waals surface area contributed by atoms with Crippen molar-refractivity contribution < 1.29 is 19.0 Å². The lowest BCUT2D eigenvalue weighted by atomic mass is 9.83. The Morgan fingerprint density at radius 2 is 2.25 bits per heavy atom. The maximum Gasteiger partial charge on any atom is 0.328 e. The summed E-state index contributed by atoms with van der Waals surface area (Å²) in [4.78, 5) is 10.5. The Balaban J connectivity index is 1.89. The van der Waals surface area contributed by atoms with E-state index in [1.54, 1.807) is 6.07 Å². The van der Waals surface area contributed by atoms with Gasteiger partial charge < -0.3 is 9.84 Å². The Bertz CT molecular complexity index is 492. The van der Waals surface area contributed by atoms with Crippen LogP contribution in [0.15, 0.2) is 24.3 Å². The number of hydrogen-bond donors (Lipinski definition) is 1. The summed E-state index contributed by atoms with van der Waals surface area (Å²) < 4.78 is 18.8. The van der Waals surface area contributed by atoms with Crippen LogP contribution in [0.2, 0.25) is 0 Å². The first-order chi connectivity index (χ1) is 9.65. The third-order valence-electron chi connectivity index (χ3n) is 3.67. The van der Waals surface area contributed by atoms with E-state index in [4.69, 9.17) is 9.84 Å². The highest BCUT2D eigenvalue weighted by atomic mass is 19.1. The molecule has 1 aliphatic rings. The summed E-state index contributed by atoms with van der Waals surface area (Å²) in [5, 5.41) is 8.63. The molecule has 1 N–H and O–H groups in total. The summed E-state index contributed by atoms with van der Waals surface area (Å²) in [6, 6.07) is 4.33. The molecule has 0 aromatic heterocycles. The Labute approximate surface area is 118 Å². The minimum atomic E-state index is -1.05. The van der Waals surface area contributed by atoms with Crippen LogP contribution in [0.1, 0.15) is 36.8 Å². The molecular weight excluding hydrogens is 259 g/mol. The molecular formula is C16H19FO3. The molecule has 1 fully saturated rings. The fraction of sp³-hybridized carbons (Fsp3) is 0.438. The quantitative estimate of drug-likeness (QED) is 0.612. The zero-order valence-corrected chi connectivity index (χ0v) is 11.3. The molecule has 108 valence electrons. The van der Waals surface area contributed by atoms with E-state index in [-0.39, 0.29) is 5.82 Å². The molecule has 0 amide bonds. The second-order valence-corrected chi connectivity index (χ2v) is 5.15. The number of carbonyl (C=O) groups is 1. The van der Waals surface area contributed by atoms with Gasteiger partial charge in [0.2, 0.25) is 0 Å². The summed E-state index contributed by atoms with van der Waals surface area (Å²) in [5.41, 5.74) is 1.36. The highest BCUT2D eigenvalue weighted by Crippen LogP contribution is 2.29. The van der Waals surface area contributed by atoms with Gasteiger partial charge in [-0.1, -0.05) is 25.3 Å². The second-order valence-electron chi connectivity index (χ2n) is 5.15. The molecule has 1 aliphatic carbocycles. The van der Waals surface area contributed by atoms with Crippen molar-refractivity contribution in [3.63, 3.8) is 0 Å². The minimum absolute atomic E-state index is 0.381. The maximum atomic E-state index is 13.2. The lowest BCUT2D eigenvalue weighted by Gasteiger charge is -2.24. The summed E-state index contributed by atoms with van der Waals surface area (Å²) in [7, 11) is 0. The first-order valence-electron chi connectivity index (χ1n) is 6.92. The molecule has 0 atom stereocenters. The number of carboxylic acids is 1. The summed E-state index contributed by atoms with van der Waals surface area (Å²) >= 11 is 0. The van der Waals surface area contributed by atoms with E-state index in [1.807, 2.05) is 0 Å². The summed E-state index contributed by atoms with van der Waals surface area (Å²) in [6.45, 7) is 1.08. The standard InChI is InChI=1S/C16H19FO3/c17-15-6-4-14(13(10-15)5-7-16(18)19)11-20-9-8-12-2-1-3-12/h4-7,10,12H,1-3,8-9,11H2,(H,18,19)/b7-5+. The summed E-state index contributed by atoms with van der Waals surface area (Å²) in [6.07, 6.45) is 7.40. The average Bonchev–Trinajstić information content (AvgIpc) is 2.35. The normalized spacial score (nSPS) is 15.4. The van der Waals surface area contributed by atoms with Gasteiger partial charge in [-0.25, -0.2) is 9.18 Å². The molecule has 20 heavy (non-hydrogen) atoms. The van der Waals surface area contributed by atoms with E-state index in [2.05, 4.69) is 0 Å². The van der Waals surface area contributed by atoms with E-state index in [1.165, 1.54) is 37.5 Å². The molecule has 0 aliphatic heterocycles. The van der Waals surface area contributed by atoms with Crippen molar-refractivity contribution in [3.05, 3.63) is 41.2 Å². The van der Waals surface area contributed by atoms with Crippen LogP contribution < -0.4 is 0 Å². The van der Waals surface area contributed by atoms with Gasteiger partial charge in [0.25, 0.3) is 0 Å². The number of carboxylic acid groups (broad SMARTS) is 1. The molecule has 0 spiro atoms. The van der Waals surface area contributed by atoms with Crippen LogP contribution in [0.3, 0.4) is 0 Å². The van der Waals surface area contributed by atoms with Crippen molar-refractivity contribution >= 4 is 12.0 Å². The van der Waals surface area contributed by atoms with Crippen molar-refractivity contribution in [2.45, 2.75) is 32.3 Å². The molecule has 0 saturated heterocycles. The van der Waals surface area contributed by atoms with Crippen LogP contribution in [0.4, 0.5) is 4.39 Å². The smallest absolute Gasteiger partial charge is 0.328 e. The molecule has 0 heterocycles. The largest absolute Gasteiger partial charge is 0.478 e. The topological polar surface area (TPSA) is 46.5 Å². The molecule has 0 bridgehead atoms. The average molecular weight is 278 g/mol. The highest BCUT2D eigenvalue weighted by Gasteiger charge is 2.16. The van der Waals surface area contributed by atoms with Crippen LogP contribution in [0.5, 0.6) is 0 Å². The van der Waals surface area contributed by atoms with Crippen molar-refractivity contribution in [1.82, 2.24) is 0 Å². The Hall–Kier alpha value is -1.68. The van der Waals surface area contributed by atoms with Gasteiger partial charge in [0.15, 0.2) is 0 Å². The van der Waals surface area contributed by atoms with E-state index in [9.17, 15) is 9.18 Å². The van der Waals surface area contributed by atoms with Gasteiger partial charge in [0.1, 0.15) is 5.82 Å². The zero-order chi connectivity index (χ0) is 14.4. The third kappa shape index (κ3) is 4.46. The lowest BCUT2D eigenvalue weighted by Crippen LogP contribution is -2.13. The molecule has 3 nitrogen and oxygen atoms in total. The van der Waals surface area contributed by atoms with Crippen LogP contribution in [-0.2, 0) is 16.1 Å². The van der Waals surface area contributed by atoms with Gasteiger partial charge in [-0.2, -0.15) is 0 Å². The van der Waals surface area contributed by atoms with Crippen molar-refractivity contribution in [2.24, 2.45) is 5.92 Å². The van der Waals surface area contributed by atoms with Gasteiger partial charge in [0.05, 0.1) is 6.61 Å². The predicted molar refractivity (Wildman–Crippen MR) is 74.7 cm³/mol. The lowest BCUT2D eigenvalue weighted by molar-refractivity contribution is -0.131. The van der Waals surface area contributed by atoms with E-state index in [0.717, 1.165) is 24.0 Å². The van der Waals surface area contributed by atoms with Crippen molar-refractivity contribution in [3.8, 4) is 0 Å². The summed E-state index contributed by atoms with van der Waals surface area (Å²) in [5.74, 6) is -0.631. The third-order valence-corrected chi connectivity index (χ3v) is 3.67. The number of rotatable bonds is 7. The Morgan fingerprint density at radius 3 is 2.90 bits per heavy atom. The molecule has 4 heteroatoms. The fourth-order valence-corrected chi connectivity index (χ4v) is 2.23.